The molecule has 4 aliphatic carbocycles. The highest BCUT2D eigenvalue weighted by molar-refractivity contribution is 6.32. The van der Waals surface area contributed by atoms with Crippen molar-refractivity contribution < 1.29 is 23.9 Å². The maximum atomic E-state index is 13.8. The van der Waals surface area contributed by atoms with Crippen molar-refractivity contribution in [2.75, 3.05) is 17.7 Å². The summed E-state index contributed by atoms with van der Waals surface area (Å²) < 4.78 is 11.9. The van der Waals surface area contributed by atoms with Crippen LogP contribution in [0.15, 0.2) is 54.3 Å². The third-order valence-corrected chi connectivity index (χ3v) is 9.32. The van der Waals surface area contributed by atoms with Crippen LogP contribution in [0.4, 0.5) is 11.4 Å². The molecule has 0 aliphatic heterocycles. The Balaban J connectivity index is 1.35. The largest absolute Gasteiger partial charge is 0.459 e. The van der Waals surface area contributed by atoms with E-state index in [2.05, 4.69) is 5.32 Å². The minimum absolute atomic E-state index is 0.00755. The van der Waals surface area contributed by atoms with Gasteiger partial charge in [-0.3, -0.25) is 9.59 Å². The smallest absolute Gasteiger partial charge is 0.340 e. The van der Waals surface area contributed by atoms with E-state index in [1.165, 1.54) is 25.7 Å². The SMILES string of the molecule is CCOC1(C)C=CC(Nc2cc(C(=O)OC3CCC4CCCCC4C3)c(N)c3c2C(=O)c2ccccc2C3=O)=CC1. The van der Waals surface area contributed by atoms with Gasteiger partial charge in [0.25, 0.3) is 0 Å². The van der Waals surface area contributed by atoms with E-state index in [9.17, 15) is 14.4 Å². The first-order chi connectivity index (χ1) is 19.8. The Bertz CT molecular complexity index is 1470. The summed E-state index contributed by atoms with van der Waals surface area (Å²) in [5, 5.41) is 3.32. The number of carbonyl (C=O) groups is 3. The molecule has 0 heterocycles. The minimum Gasteiger partial charge on any atom is -0.459 e. The summed E-state index contributed by atoms with van der Waals surface area (Å²) in [6.45, 7) is 4.56. The molecule has 2 saturated carbocycles. The zero-order valence-corrected chi connectivity index (χ0v) is 23.8. The molecule has 214 valence electrons. The Hall–Kier alpha value is -3.71. The molecule has 2 fully saturated rings. The predicted molar refractivity (Wildman–Crippen MR) is 158 cm³/mol. The number of ketones is 2. The third kappa shape index (κ3) is 5.12. The highest BCUT2D eigenvalue weighted by Gasteiger charge is 2.38. The lowest BCUT2D eigenvalue weighted by Crippen LogP contribution is -2.33. The lowest BCUT2D eigenvalue weighted by atomic mass is 9.70. The number of fused-ring (bicyclic) bond motifs is 3. The fraction of sp³-hybridized carbons (Fsp3) is 0.441. The summed E-state index contributed by atoms with van der Waals surface area (Å²) in [5.74, 6) is 0.0958. The van der Waals surface area contributed by atoms with Crippen LogP contribution >= 0.6 is 0 Å². The van der Waals surface area contributed by atoms with Gasteiger partial charge in [-0.2, -0.15) is 0 Å². The molecule has 4 unspecified atom stereocenters. The van der Waals surface area contributed by atoms with E-state index in [0.717, 1.165) is 30.9 Å². The number of carbonyl (C=O) groups excluding carboxylic acids is 3. The molecule has 0 saturated heterocycles. The molecule has 0 aromatic heterocycles. The Morgan fingerprint density at radius 3 is 2.41 bits per heavy atom. The number of nitrogens with two attached hydrogens (primary N) is 1. The van der Waals surface area contributed by atoms with E-state index in [4.69, 9.17) is 15.2 Å². The Labute approximate surface area is 241 Å². The molecule has 0 radical (unpaired) electrons. The van der Waals surface area contributed by atoms with Crippen LogP contribution < -0.4 is 11.1 Å². The first kappa shape index (κ1) is 27.5. The molecule has 41 heavy (non-hydrogen) atoms. The van der Waals surface area contributed by atoms with Crippen LogP contribution in [0.1, 0.15) is 107 Å². The van der Waals surface area contributed by atoms with Crippen molar-refractivity contribution in [2.24, 2.45) is 11.8 Å². The van der Waals surface area contributed by atoms with Crippen molar-refractivity contribution in [2.45, 2.75) is 76.9 Å². The lowest BCUT2D eigenvalue weighted by molar-refractivity contribution is -0.000845. The zero-order chi connectivity index (χ0) is 28.7. The molecule has 2 aromatic carbocycles. The van der Waals surface area contributed by atoms with Crippen LogP contribution in [0, 0.1) is 11.8 Å². The maximum absolute atomic E-state index is 13.8. The van der Waals surface area contributed by atoms with Crippen LogP contribution in [0.2, 0.25) is 0 Å². The number of nitrogen functional groups attached to an aromatic ring is 1. The van der Waals surface area contributed by atoms with Crippen molar-refractivity contribution in [1.29, 1.82) is 0 Å². The molecule has 0 amide bonds. The van der Waals surface area contributed by atoms with Crippen molar-refractivity contribution in [3.8, 4) is 0 Å². The number of esters is 1. The van der Waals surface area contributed by atoms with Crippen LogP contribution in [0.25, 0.3) is 0 Å². The van der Waals surface area contributed by atoms with Gasteiger partial charge in [0.2, 0.25) is 0 Å². The third-order valence-electron chi connectivity index (χ3n) is 9.32. The quantitative estimate of drug-likeness (QED) is 0.261. The van der Waals surface area contributed by atoms with Gasteiger partial charge in [0.05, 0.1) is 33.7 Å². The van der Waals surface area contributed by atoms with Gasteiger partial charge in [-0.05, 0) is 57.1 Å². The molecule has 7 heteroatoms. The normalized spacial score (nSPS) is 26.9. The molecular weight excluding hydrogens is 516 g/mol. The summed E-state index contributed by atoms with van der Waals surface area (Å²) in [7, 11) is 0. The average molecular weight is 555 g/mol. The number of rotatable bonds is 6. The maximum Gasteiger partial charge on any atom is 0.340 e. The van der Waals surface area contributed by atoms with Gasteiger partial charge in [0, 0.05) is 29.9 Å². The summed E-state index contributed by atoms with van der Waals surface area (Å²) >= 11 is 0. The van der Waals surface area contributed by atoms with E-state index < -0.39 is 11.6 Å². The van der Waals surface area contributed by atoms with E-state index in [1.807, 2.05) is 32.1 Å². The number of allylic oxidation sites excluding steroid dienone is 1. The summed E-state index contributed by atoms with van der Waals surface area (Å²) in [4.78, 5) is 41.2. The number of nitrogens with one attached hydrogen (secondary N) is 1. The van der Waals surface area contributed by atoms with Crippen molar-refractivity contribution in [3.63, 3.8) is 0 Å². The number of hydrogen-bond acceptors (Lipinski definition) is 7. The van der Waals surface area contributed by atoms with Gasteiger partial charge in [-0.15, -0.1) is 0 Å². The van der Waals surface area contributed by atoms with Gasteiger partial charge in [-0.1, -0.05) is 62.1 Å². The molecule has 3 N–H and O–H groups in total. The standard InChI is InChI=1S/C34H38N2O5/c1-3-40-34(2)16-14-22(15-17-34)36-27-19-26(33(39)41-23-13-12-20-8-4-5-9-21(20)18-23)30(35)29-28(27)31(37)24-10-6-7-11-25(24)32(29)38/h6-7,10-11,14-16,19-21,23,36H,3-5,8-9,12-13,17-18,35H2,1-2H3. The van der Waals surface area contributed by atoms with Crippen molar-refractivity contribution in [3.05, 3.63) is 82.1 Å². The fourth-order valence-electron chi connectivity index (χ4n) is 7.14. The van der Waals surface area contributed by atoms with Crippen LogP contribution in [0.3, 0.4) is 0 Å². The average Bonchev–Trinajstić information content (AvgIpc) is 2.97. The van der Waals surface area contributed by atoms with Crippen LogP contribution in [0.5, 0.6) is 0 Å². The topological polar surface area (TPSA) is 108 Å². The number of anilines is 2. The predicted octanol–water partition coefficient (Wildman–Crippen LogP) is 6.61. The first-order valence-electron chi connectivity index (χ1n) is 14.9. The summed E-state index contributed by atoms with van der Waals surface area (Å²) in [5.41, 5.74) is 8.18. The first-order valence-corrected chi connectivity index (χ1v) is 14.9. The minimum atomic E-state index is -0.552. The van der Waals surface area contributed by atoms with Gasteiger partial charge < -0.3 is 20.5 Å². The molecular formula is C34H38N2O5. The van der Waals surface area contributed by atoms with Crippen LogP contribution in [-0.2, 0) is 9.47 Å². The second-order valence-electron chi connectivity index (χ2n) is 12.1. The Morgan fingerprint density at radius 1 is 1.02 bits per heavy atom. The van der Waals surface area contributed by atoms with E-state index in [0.29, 0.717) is 30.2 Å². The molecule has 4 aliphatic rings. The monoisotopic (exact) mass is 554 g/mol. The molecule has 6 rings (SSSR count). The van der Waals surface area contributed by atoms with Gasteiger partial charge >= 0.3 is 5.97 Å². The number of ether oxygens (including phenoxy) is 2. The van der Waals surface area contributed by atoms with Crippen LogP contribution in [-0.4, -0.2) is 35.8 Å². The molecule has 0 spiro atoms. The molecule has 4 atom stereocenters. The van der Waals surface area contributed by atoms with E-state index in [-0.39, 0.29) is 45.6 Å². The molecule has 2 aromatic rings. The van der Waals surface area contributed by atoms with Crippen molar-refractivity contribution >= 4 is 28.9 Å². The second kappa shape index (κ2) is 10.9. The van der Waals surface area contributed by atoms with Gasteiger partial charge in [0.15, 0.2) is 11.6 Å². The number of benzene rings is 2. The van der Waals surface area contributed by atoms with E-state index in [1.54, 1.807) is 30.3 Å². The van der Waals surface area contributed by atoms with Crippen molar-refractivity contribution in [1.82, 2.24) is 0 Å². The molecule has 7 nitrogen and oxygen atoms in total. The summed E-state index contributed by atoms with van der Waals surface area (Å²) in [6, 6.07) is 8.30. The lowest BCUT2D eigenvalue weighted by Gasteiger charge is -2.38. The molecule has 0 bridgehead atoms. The fourth-order valence-corrected chi connectivity index (χ4v) is 7.14. The second-order valence-corrected chi connectivity index (χ2v) is 12.1. The van der Waals surface area contributed by atoms with E-state index >= 15 is 0 Å². The summed E-state index contributed by atoms with van der Waals surface area (Å²) in [6.07, 6.45) is 14.1. The van der Waals surface area contributed by atoms with Gasteiger partial charge in [-0.25, -0.2) is 4.79 Å². The highest BCUT2D eigenvalue weighted by atomic mass is 16.5. The zero-order valence-electron chi connectivity index (χ0n) is 23.8. The Kier molecular flexibility index (Phi) is 7.32. The number of hydrogen-bond donors (Lipinski definition) is 2. The highest BCUT2D eigenvalue weighted by Crippen LogP contribution is 2.43. The van der Waals surface area contributed by atoms with Gasteiger partial charge in [0.1, 0.15) is 6.10 Å². The Morgan fingerprint density at radius 2 is 1.73 bits per heavy atom.